The molecule has 0 spiro atoms. The maximum Gasteiger partial charge on any atom is 0.306 e. The van der Waals surface area contributed by atoms with Crippen LogP contribution < -0.4 is 5.32 Å². The van der Waals surface area contributed by atoms with Gasteiger partial charge in [0, 0.05) is 12.2 Å². The highest BCUT2D eigenvalue weighted by Crippen LogP contribution is 2.36. The van der Waals surface area contributed by atoms with Crippen molar-refractivity contribution in [3.63, 3.8) is 0 Å². The second-order valence-corrected chi connectivity index (χ2v) is 4.23. The highest BCUT2D eigenvalue weighted by atomic mass is 16.5. The van der Waals surface area contributed by atoms with Crippen LogP contribution in [0, 0.1) is 6.92 Å². The van der Waals surface area contributed by atoms with Crippen molar-refractivity contribution < 1.29 is 9.53 Å². The first-order chi connectivity index (χ1) is 7.72. The number of hydrogen-bond acceptors (Lipinski definition) is 3. The number of carbonyl (C=O) groups excluding carboxylic acids is 1. The van der Waals surface area contributed by atoms with E-state index < -0.39 is 0 Å². The Labute approximate surface area is 95.8 Å². The van der Waals surface area contributed by atoms with Crippen molar-refractivity contribution in [2.75, 3.05) is 19.0 Å². The average molecular weight is 219 g/mol. The molecule has 0 radical (unpaired) electrons. The van der Waals surface area contributed by atoms with E-state index in [1.807, 2.05) is 6.07 Å². The second-order valence-electron chi connectivity index (χ2n) is 4.23. The lowest BCUT2D eigenvalue weighted by Gasteiger charge is -2.27. The number of ether oxygens (including phenoxy) is 1. The molecule has 3 nitrogen and oxygen atoms in total. The van der Waals surface area contributed by atoms with E-state index in [1.54, 1.807) is 0 Å². The molecule has 0 saturated carbocycles. The van der Waals surface area contributed by atoms with Gasteiger partial charge in [-0.15, -0.1) is 0 Å². The van der Waals surface area contributed by atoms with Crippen LogP contribution in [0.4, 0.5) is 5.69 Å². The van der Waals surface area contributed by atoms with Crippen LogP contribution in [-0.2, 0) is 9.53 Å². The minimum Gasteiger partial charge on any atom is -0.469 e. The molecule has 1 aromatic carbocycles. The fraction of sp³-hybridized carbons (Fsp3) is 0.462. The van der Waals surface area contributed by atoms with Gasteiger partial charge in [-0.25, -0.2) is 0 Å². The van der Waals surface area contributed by atoms with Gasteiger partial charge in [-0.2, -0.15) is 0 Å². The Morgan fingerprint density at radius 3 is 3.12 bits per heavy atom. The number of nitrogens with one attached hydrogen (secondary N) is 1. The molecule has 16 heavy (non-hydrogen) atoms. The Balaban J connectivity index is 2.28. The molecule has 0 saturated heterocycles. The van der Waals surface area contributed by atoms with Crippen LogP contribution in [0.5, 0.6) is 0 Å². The van der Waals surface area contributed by atoms with Crippen molar-refractivity contribution in [2.45, 2.75) is 25.7 Å². The Morgan fingerprint density at radius 1 is 1.56 bits per heavy atom. The van der Waals surface area contributed by atoms with Crippen LogP contribution in [0.2, 0.25) is 0 Å². The summed E-state index contributed by atoms with van der Waals surface area (Å²) in [6, 6.07) is 6.21. The first kappa shape index (κ1) is 11.0. The number of aryl methyl sites for hydroxylation is 1. The molecule has 1 aliphatic heterocycles. The summed E-state index contributed by atoms with van der Waals surface area (Å²) >= 11 is 0. The first-order valence-electron chi connectivity index (χ1n) is 5.62. The molecule has 1 N–H and O–H groups in total. The summed E-state index contributed by atoms with van der Waals surface area (Å²) < 4.78 is 4.75. The maximum absolute atomic E-state index is 11.4. The lowest BCUT2D eigenvalue weighted by atomic mass is 9.85. The molecule has 1 aliphatic rings. The Morgan fingerprint density at radius 2 is 2.38 bits per heavy atom. The first-order valence-corrected chi connectivity index (χ1v) is 5.62. The molecule has 0 aliphatic carbocycles. The zero-order valence-electron chi connectivity index (χ0n) is 9.75. The van der Waals surface area contributed by atoms with Gasteiger partial charge in [-0.1, -0.05) is 12.1 Å². The molecule has 86 valence electrons. The van der Waals surface area contributed by atoms with E-state index in [0.29, 0.717) is 12.3 Å². The van der Waals surface area contributed by atoms with E-state index in [-0.39, 0.29) is 5.97 Å². The van der Waals surface area contributed by atoms with Crippen molar-refractivity contribution in [3.05, 3.63) is 29.3 Å². The summed E-state index contributed by atoms with van der Waals surface area (Å²) in [6.45, 7) is 3.02. The van der Waals surface area contributed by atoms with E-state index in [2.05, 4.69) is 24.4 Å². The van der Waals surface area contributed by atoms with Gasteiger partial charge in [0.1, 0.15) is 0 Å². The zero-order valence-corrected chi connectivity index (χ0v) is 9.75. The Bertz CT molecular complexity index is 401. The van der Waals surface area contributed by atoms with Gasteiger partial charge in [0.25, 0.3) is 0 Å². The summed E-state index contributed by atoms with van der Waals surface area (Å²) in [5.41, 5.74) is 3.69. The molecular weight excluding hydrogens is 202 g/mol. The number of esters is 1. The van der Waals surface area contributed by atoms with E-state index in [1.165, 1.54) is 23.9 Å². The third-order valence-electron chi connectivity index (χ3n) is 3.18. The highest BCUT2D eigenvalue weighted by Gasteiger charge is 2.24. The number of hydrogen-bond donors (Lipinski definition) is 1. The SMILES string of the molecule is COC(=O)CC1CCNc2cccc(C)c21. The van der Waals surface area contributed by atoms with Gasteiger partial charge in [0.05, 0.1) is 13.5 Å². The lowest BCUT2D eigenvalue weighted by Crippen LogP contribution is -2.20. The van der Waals surface area contributed by atoms with Crippen molar-refractivity contribution in [3.8, 4) is 0 Å². The Kier molecular flexibility index (Phi) is 3.13. The molecule has 0 aromatic heterocycles. The summed E-state index contributed by atoms with van der Waals surface area (Å²) in [4.78, 5) is 11.4. The third kappa shape index (κ3) is 2.03. The van der Waals surface area contributed by atoms with Gasteiger partial charge in [0.15, 0.2) is 0 Å². The van der Waals surface area contributed by atoms with Crippen LogP contribution in [-0.4, -0.2) is 19.6 Å². The van der Waals surface area contributed by atoms with Crippen molar-refractivity contribution in [1.29, 1.82) is 0 Å². The molecule has 0 amide bonds. The zero-order chi connectivity index (χ0) is 11.5. The lowest BCUT2D eigenvalue weighted by molar-refractivity contribution is -0.141. The predicted octanol–water partition coefficient (Wildman–Crippen LogP) is 2.46. The molecule has 1 atom stereocenters. The maximum atomic E-state index is 11.4. The predicted molar refractivity (Wildman–Crippen MR) is 63.7 cm³/mol. The largest absolute Gasteiger partial charge is 0.469 e. The van der Waals surface area contributed by atoms with Gasteiger partial charge in [-0.05, 0) is 36.5 Å². The summed E-state index contributed by atoms with van der Waals surface area (Å²) in [5, 5.41) is 3.37. The number of methoxy groups -OCH3 is 1. The van der Waals surface area contributed by atoms with Gasteiger partial charge < -0.3 is 10.1 Å². The smallest absolute Gasteiger partial charge is 0.306 e. The Hall–Kier alpha value is -1.51. The average Bonchev–Trinajstić information content (AvgIpc) is 2.29. The molecular formula is C13H17NO2. The summed E-state index contributed by atoms with van der Waals surface area (Å²) in [7, 11) is 1.45. The summed E-state index contributed by atoms with van der Waals surface area (Å²) in [6.07, 6.45) is 1.48. The van der Waals surface area contributed by atoms with E-state index in [4.69, 9.17) is 4.74 Å². The van der Waals surface area contributed by atoms with E-state index >= 15 is 0 Å². The number of fused-ring (bicyclic) bond motifs is 1. The fourth-order valence-corrected chi connectivity index (χ4v) is 2.39. The van der Waals surface area contributed by atoms with Gasteiger partial charge >= 0.3 is 5.97 Å². The fourth-order valence-electron chi connectivity index (χ4n) is 2.39. The number of carbonyl (C=O) groups is 1. The number of rotatable bonds is 2. The van der Waals surface area contributed by atoms with Crippen LogP contribution >= 0.6 is 0 Å². The van der Waals surface area contributed by atoms with Crippen LogP contribution in [0.25, 0.3) is 0 Å². The third-order valence-corrected chi connectivity index (χ3v) is 3.18. The second kappa shape index (κ2) is 4.56. The van der Waals surface area contributed by atoms with Crippen LogP contribution in [0.3, 0.4) is 0 Å². The minimum absolute atomic E-state index is 0.124. The number of anilines is 1. The van der Waals surface area contributed by atoms with Gasteiger partial charge in [0.2, 0.25) is 0 Å². The van der Waals surface area contributed by atoms with Gasteiger partial charge in [-0.3, -0.25) is 4.79 Å². The molecule has 0 bridgehead atoms. The minimum atomic E-state index is -0.124. The topological polar surface area (TPSA) is 38.3 Å². The molecule has 3 heteroatoms. The summed E-state index contributed by atoms with van der Waals surface area (Å²) in [5.74, 6) is 0.172. The van der Waals surface area contributed by atoms with Crippen molar-refractivity contribution >= 4 is 11.7 Å². The van der Waals surface area contributed by atoms with Crippen LogP contribution in [0.1, 0.15) is 29.9 Å². The molecule has 1 unspecified atom stereocenters. The standard InChI is InChI=1S/C13H17NO2/c1-9-4-3-5-11-13(9)10(6-7-14-11)8-12(15)16-2/h3-5,10,14H,6-8H2,1-2H3. The quantitative estimate of drug-likeness (QED) is 0.776. The monoisotopic (exact) mass is 219 g/mol. The van der Waals surface area contributed by atoms with E-state index in [0.717, 1.165) is 13.0 Å². The van der Waals surface area contributed by atoms with Crippen LogP contribution in [0.15, 0.2) is 18.2 Å². The normalized spacial score (nSPS) is 18.5. The van der Waals surface area contributed by atoms with Crippen molar-refractivity contribution in [1.82, 2.24) is 0 Å². The highest BCUT2D eigenvalue weighted by molar-refractivity contribution is 5.72. The molecule has 1 heterocycles. The number of benzene rings is 1. The van der Waals surface area contributed by atoms with E-state index in [9.17, 15) is 4.79 Å². The molecule has 0 fully saturated rings. The molecule has 2 rings (SSSR count). The molecule has 1 aromatic rings. The van der Waals surface area contributed by atoms with Crippen molar-refractivity contribution in [2.24, 2.45) is 0 Å².